The Kier molecular flexibility index (Phi) is 3.02. The molecule has 0 saturated carbocycles. The van der Waals surface area contributed by atoms with Gasteiger partial charge in [0, 0.05) is 6.07 Å². The minimum absolute atomic E-state index is 0.157. The maximum Gasteiger partial charge on any atom is 0.274 e. The Hall–Kier alpha value is -2.08. The second-order valence-electron chi connectivity index (χ2n) is 3.11. The van der Waals surface area contributed by atoms with Gasteiger partial charge < -0.3 is 19.4 Å². The van der Waals surface area contributed by atoms with Crippen molar-refractivity contribution in [3.63, 3.8) is 0 Å². The molecule has 0 aliphatic carbocycles. The fraction of sp³-hybridized carbons (Fsp3) is 0.200. The van der Waals surface area contributed by atoms with Crippen LogP contribution >= 0.6 is 0 Å². The van der Waals surface area contributed by atoms with Gasteiger partial charge in [0.15, 0.2) is 5.69 Å². The summed E-state index contributed by atoms with van der Waals surface area (Å²) in [5.41, 5.74) is 0.157. The fourth-order valence-electron chi connectivity index (χ4n) is 1.26. The van der Waals surface area contributed by atoms with Crippen molar-refractivity contribution in [2.75, 3.05) is 6.61 Å². The van der Waals surface area contributed by atoms with Gasteiger partial charge in [-0.25, -0.2) is 0 Å². The molecule has 0 fully saturated rings. The van der Waals surface area contributed by atoms with Gasteiger partial charge in [0.1, 0.15) is 18.1 Å². The maximum absolute atomic E-state index is 11.6. The Morgan fingerprint density at radius 1 is 1.50 bits per heavy atom. The van der Waals surface area contributed by atoms with Gasteiger partial charge in [-0.3, -0.25) is 4.79 Å². The Labute approximate surface area is 90.8 Å². The number of amides is 1. The van der Waals surface area contributed by atoms with Gasteiger partial charge in [-0.1, -0.05) is 5.16 Å². The van der Waals surface area contributed by atoms with Crippen molar-refractivity contribution in [1.29, 1.82) is 0 Å². The van der Waals surface area contributed by atoms with E-state index in [0.29, 0.717) is 5.76 Å². The van der Waals surface area contributed by atoms with Gasteiger partial charge in [0.2, 0.25) is 0 Å². The molecular weight excluding hydrogens is 212 g/mol. The first-order valence-corrected chi connectivity index (χ1v) is 4.67. The lowest BCUT2D eigenvalue weighted by atomic mass is 10.2. The predicted octanol–water partition coefficient (Wildman–Crippen LogP) is 0.731. The number of aromatic nitrogens is 1. The number of aliphatic hydroxyl groups is 1. The summed E-state index contributed by atoms with van der Waals surface area (Å²) in [6.07, 6.45) is 2.77. The van der Waals surface area contributed by atoms with E-state index in [1.165, 1.54) is 18.6 Å². The highest BCUT2D eigenvalue weighted by molar-refractivity contribution is 5.92. The number of carbonyl (C=O) groups excluding carboxylic acids is 1. The zero-order chi connectivity index (χ0) is 11.4. The van der Waals surface area contributed by atoms with Crippen LogP contribution in [0.25, 0.3) is 0 Å². The molecule has 2 rings (SSSR count). The van der Waals surface area contributed by atoms with Crippen molar-refractivity contribution in [3.05, 3.63) is 42.2 Å². The smallest absolute Gasteiger partial charge is 0.274 e. The molecule has 1 atom stereocenters. The monoisotopic (exact) mass is 222 g/mol. The molecule has 0 spiro atoms. The topological polar surface area (TPSA) is 88.5 Å². The second-order valence-corrected chi connectivity index (χ2v) is 3.11. The van der Waals surface area contributed by atoms with E-state index in [9.17, 15) is 4.79 Å². The van der Waals surface area contributed by atoms with E-state index < -0.39 is 11.9 Å². The van der Waals surface area contributed by atoms with Crippen molar-refractivity contribution < 1.29 is 18.8 Å². The highest BCUT2D eigenvalue weighted by Crippen LogP contribution is 2.13. The van der Waals surface area contributed by atoms with Crippen LogP contribution in [-0.2, 0) is 0 Å². The molecule has 0 aromatic carbocycles. The molecule has 0 bridgehead atoms. The molecule has 0 aliphatic heterocycles. The van der Waals surface area contributed by atoms with E-state index in [-0.39, 0.29) is 12.3 Å². The normalized spacial score (nSPS) is 12.3. The number of rotatable bonds is 4. The van der Waals surface area contributed by atoms with Crippen molar-refractivity contribution in [2.24, 2.45) is 0 Å². The third-order valence-corrected chi connectivity index (χ3v) is 2.04. The highest BCUT2D eigenvalue weighted by atomic mass is 16.5. The summed E-state index contributed by atoms with van der Waals surface area (Å²) in [5.74, 6) is 0.0588. The minimum atomic E-state index is -0.584. The molecule has 2 N–H and O–H groups in total. The van der Waals surface area contributed by atoms with Gasteiger partial charge in [0.05, 0.1) is 12.9 Å². The lowest BCUT2D eigenvalue weighted by molar-refractivity contribution is 0.0898. The second kappa shape index (κ2) is 4.63. The summed E-state index contributed by atoms with van der Waals surface area (Å²) in [7, 11) is 0. The molecule has 2 heterocycles. The fourth-order valence-corrected chi connectivity index (χ4v) is 1.26. The summed E-state index contributed by atoms with van der Waals surface area (Å²) in [6.45, 7) is -0.253. The van der Waals surface area contributed by atoms with Crippen LogP contribution in [0.1, 0.15) is 22.3 Å². The van der Waals surface area contributed by atoms with Crippen LogP contribution in [0.3, 0.4) is 0 Å². The number of carbonyl (C=O) groups is 1. The first-order chi connectivity index (χ1) is 7.81. The maximum atomic E-state index is 11.6. The average Bonchev–Trinajstić information content (AvgIpc) is 2.96. The molecule has 6 nitrogen and oxygen atoms in total. The Bertz CT molecular complexity index is 435. The van der Waals surface area contributed by atoms with E-state index in [1.54, 1.807) is 12.1 Å². The molecule has 16 heavy (non-hydrogen) atoms. The average molecular weight is 222 g/mol. The Balaban J connectivity index is 2.05. The molecule has 0 saturated heterocycles. The predicted molar refractivity (Wildman–Crippen MR) is 52.5 cm³/mol. The zero-order valence-corrected chi connectivity index (χ0v) is 8.29. The number of aliphatic hydroxyl groups excluding tert-OH is 1. The third-order valence-electron chi connectivity index (χ3n) is 2.04. The molecule has 6 heteroatoms. The quantitative estimate of drug-likeness (QED) is 0.796. The largest absolute Gasteiger partial charge is 0.467 e. The van der Waals surface area contributed by atoms with Gasteiger partial charge >= 0.3 is 0 Å². The van der Waals surface area contributed by atoms with Crippen molar-refractivity contribution >= 4 is 5.91 Å². The van der Waals surface area contributed by atoms with E-state index in [2.05, 4.69) is 15.0 Å². The summed E-state index contributed by atoms with van der Waals surface area (Å²) >= 11 is 0. The zero-order valence-electron chi connectivity index (χ0n) is 8.29. The van der Waals surface area contributed by atoms with Gasteiger partial charge in [-0.15, -0.1) is 0 Å². The van der Waals surface area contributed by atoms with Gasteiger partial charge in [0.25, 0.3) is 5.91 Å². The molecule has 0 radical (unpaired) electrons. The van der Waals surface area contributed by atoms with Crippen LogP contribution in [0.5, 0.6) is 0 Å². The summed E-state index contributed by atoms with van der Waals surface area (Å²) in [4.78, 5) is 11.6. The lowest BCUT2D eigenvalue weighted by Gasteiger charge is -2.12. The first-order valence-electron chi connectivity index (χ1n) is 4.67. The van der Waals surface area contributed by atoms with Crippen LogP contribution in [0, 0.1) is 0 Å². The first kappa shape index (κ1) is 10.4. The molecular formula is C10H10N2O4. The van der Waals surface area contributed by atoms with Gasteiger partial charge in [-0.05, 0) is 12.1 Å². The Morgan fingerprint density at radius 2 is 2.38 bits per heavy atom. The highest BCUT2D eigenvalue weighted by Gasteiger charge is 2.18. The number of nitrogens with zero attached hydrogens (tertiary/aromatic N) is 1. The molecule has 2 aromatic rings. The van der Waals surface area contributed by atoms with Crippen LogP contribution in [-0.4, -0.2) is 22.8 Å². The van der Waals surface area contributed by atoms with Gasteiger partial charge in [-0.2, -0.15) is 0 Å². The third kappa shape index (κ3) is 2.12. The molecule has 0 aliphatic rings. The van der Waals surface area contributed by atoms with Crippen LogP contribution in [0.4, 0.5) is 0 Å². The Morgan fingerprint density at radius 3 is 2.94 bits per heavy atom. The number of hydrogen-bond acceptors (Lipinski definition) is 5. The standard InChI is InChI=1S/C10H10N2O4/c13-6-8(9-2-1-4-15-9)11-10(14)7-3-5-16-12-7/h1-5,8,13H,6H2,(H,11,14). The van der Waals surface area contributed by atoms with Crippen molar-refractivity contribution in [1.82, 2.24) is 10.5 Å². The minimum Gasteiger partial charge on any atom is -0.467 e. The molecule has 2 aromatic heterocycles. The number of nitrogens with one attached hydrogen (secondary N) is 1. The van der Waals surface area contributed by atoms with E-state index in [4.69, 9.17) is 9.52 Å². The number of furan rings is 1. The van der Waals surface area contributed by atoms with E-state index in [1.807, 2.05) is 0 Å². The number of hydrogen-bond donors (Lipinski definition) is 2. The van der Waals surface area contributed by atoms with Crippen molar-refractivity contribution in [3.8, 4) is 0 Å². The summed E-state index contributed by atoms with van der Waals surface area (Å²) in [6, 6.07) is 4.20. The molecule has 1 amide bonds. The SMILES string of the molecule is O=C(NC(CO)c1ccco1)c1ccon1. The van der Waals surface area contributed by atoms with Crippen LogP contribution in [0.2, 0.25) is 0 Å². The summed E-state index contributed by atoms with van der Waals surface area (Å²) < 4.78 is 9.63. The molecule has 84 valence electrons. The van der Waals surface area contributed by atoms with E-state index in [0.717, 1.165) is 0 Å². The summed E-state index contributed by atoms with van der Waals surface area (Å²) in [5, 5.41) is 15.2. The lowest BCUT2D eigenvalue weighted by Crippen LogP contribution is -2.30. The van der Waals surface area contributed by atoms with Crippen molar-refractivity contribution in [2.45, 2.75) is 6.04 Å². The van der Waals surface area contributed by atoms with Crippen LogP contribution < -0.4 is 5.32 Å². The van der Waals surface area contributed by atoms with Crippen LogP contribution in [0.15, 0.2) is 39.7 Å². The van der Waals surface area contributed by atoms with E-state index >= 15 is 0 Å². The molecule has 1 unspecified atom stereocenters.